The van der Waals surface area contributed by atoms with Crippen LogP contribution >= 0.6 is 0 Å². The summed E-state index contributed by atoms with van der Waals surface area (Å²) in [6, 6.07) is 0. The van der Waals surface area contributed by atoms with Crippen molar-refractivity contribution in [3.8, 4) is 0 Å². The van der Waals surface area contributed by atoms with Crippen molar-refractivity contribution >= 4 is 17.7 Å². The molecule has 0 radical (unpaired) electrons. The highest BCUT2D eigenvalue weighted by molar-refractivity contribution is 6.00. The highest BCUT2D eigenvalue weighted by atomic mass is 16.6. The third kappa shape index (κ3) is 2.58. The van der Waals surface area contributed by atoms with E-state index in [1.54, 1.807) is 0 Å². The first kappa shape index (κ1) is 17.7. The van der Waals surface area contributed by atoms with Gasteiger partial charge in [-0.25, -0.2) is 0 Å². The summed E-state index contributed by atoms with van der Waals surface area (Å²) in [5.41, 5.74) is 0.772. The summed E-state index contributed by atoms with van der Waals surface area (Å²) in [6.07, 6.45) is 1.76. The number of esters is 2. The van der Waals surface area contributed by atoms with Crippen molar-refractivity contribution in [1.82, 2.24) is 0 Å². The first-order valence-electron chi connectivity index (χ1n) is 8.64. The van der Waals surface area contributed by atoms with E-state index in [9.17, 15) is 14.4 Å². The van der Waals surface area contributed by atoms with Gasteiger partial charge in [-0.1, -0.05) is 13.8 Å². The molecule has 0 bridgehead atoms. The molecule has 0 N–H and O–H groups in total. The molecule has 1 heterocycles. The minimum atomic E-state index is -0.664. The maximum absolute atomic E-state index is 13.2. The highest BCUT2D eigenvalue weighted by Gasteiger charge is 2.62. The number of ether oxygens (including phenoxy) is 2. The van der Waals surface area contributed by atoms with Gasteiger partial charge in [-0.15, -0.1) is 0 Å². The summed E-state index contributed by atoms with van der Waals surface area (Å²) in [4.78, 5) is 36.6. The molecule has 1 aromatic heterocycles. The zero-order chi connectivity index (χ0) is 18.5. The third-order valence-corrected chi connectivity index (χ3v) is 5.95. The monoisotopic (exact) mass is 348 g/mol. The predicted molar refractivity (Wildman–Crippen MR) is 87.8 cm³/mol. The van der Waals surface area contributed by atoms with Gasteiger partial charge in [0.2, 0.25) is 5.78 Å². The molecule has 0 aliphatic heterocycles. The molecule has 0 spiro atoms. The van der Waals surface area contributed by atoms with E-state index in [0.29, 0.717) is 12.0 Å². The van der Waals surface area contributed by atoms with Crippen molar-refractivity contribution in [2.75, 3.05) is 0 Å². The van der Waals surface area contributed by atoms with E-state index in [4.69, 9.17) is 13.9 Å². The number of hydrogen-bond acceptors (Lipinski definition) is 6. The quantitative estimate of drug-likeness (QED) is 0.762. The SMILES string of the molecule is CC(=O)O[C@@H]1CC[C@@H](C)[C@]2(C)[C@@H](OC(C)=O)c3c(C)coc3C(=O)[C@@H]12. The average Bonchev–Trinajstić information content (AvgIpc) is 2.88. The molecule has 25 heavy (non-hydrogen) atoms. The van der Waals surface area contributed by atoms with Gasteiger partial charge in [0.1, 0.15) is 12.2 Å². The Morgan fingerprint density at radius 1 is 1.20 bits per heavy atom. The molecule has 5 atom stereocenters. The Kier molecular flexibility index (Phi) is 4.25. The van der Waals surface area contributed by atoms with Crippen molar-refractivity contribution in [2.45, 2.75) is 59.7 Å². The molecular formula is C19H24O6. The van der Waals surface area contributed by atoms with Gasteiger partial charge in [0, 0.05) is 24.8 Å². The van der Waals surface area contributed by atoms with Crippen molar-refractivity contribution in [3.05, 3.63) is 23.2 Å². The summed E-state index contributed by atoms with van der Waals surface area (Å²) < 4.78 is 16.7. The van der Waals surface area contributed by atoms with E-state index in [0.717, 1.165) is 12.0 Å². The zero-order valence-electron chi connectivity index (χ0n) is 15.3. The van der Waals surface area contributed by atoms with Crippen molar-refractivity contribution in [2.24, 2.45) is 17.3 Å². The molecule has 0 unspecified atom stereocenters. The van der Waals surface area contributed by atoms with Gasteiger partial charge in [-0.05, 0) is 31.2 Å². The molecule has 2 aliphatic carbocycles. The van der Waals surface area contributed by atoms with Crippen LogP contribution in [0.4, 0.5) is 0 Å². The Labute approximate surface area is 146 Å². The summed E-state index contributed by atoms with van der Waals surface area (Å²) in [7, 11) is 0. The fourth-order valence-electron chi connectivity index (χ4n) is 4.59. The number of Topliss-reactive ketones (excluding diaryl/α,β-unsaturated/α-hetero) is 1. The summed E-state index contributed by atoms with van der Waals surface area (Å²) >= 11 is 0. The van der Waals surface area contributed by atoms with Crippen LogP contribution in [0, 0.1) is 24.2 Å². The van der Waals surface area contributed by atoms with Gasteiger partial charge in [-0.2, -0.15) is 0 Å². The maximum Gasteiger partial charge on any atom is 0.303 e. The summed E-state index contributed by atoms with van der Waals surface area (Å²) in [5.74, 6) is -1.26. The smallest absolute Gasteiger partial charge is 0.303 e. The number of ketones is 1. The van der Waals surface area contributed by atoms with Gasteiger partial charge < -0.3 is 13.9 Å². The molecule has 6 nitrogen and oxygen atoms in total. The lowest BCUT2D eigenvalue weighted by Gasteiger charge is -2.53. The molecule has 0 amide bonds. The minimum Gasteiger partial charge on any atom is -0.462 e. The molecule has 0 saturated heterocycles. The first-order valence-corrected chi connectivity index (χ1v) is 8.64. The molecular weight excluding hydrogens is 324 g/mol. The second kappa shape index (κ2) is 6.00. The van der Waals surface area contributed by atoms with Crippen LogP contribution in [-0.2, 0) is 19.1 Å². The third-order valence-electron chi connectivity index (χ3n) is 5.95. The Hall–Kier alpha value is -2.11. The Morgan fingerprint density at radius 2 is 1.84 bits per heavy atom. The van der Waals surface area contributed by atoms with E-state index in [1.807, 2.05) is 13.8 Å². The fraction of sp³-hybridized carbons (Fsp3) is 0.632. The van der Waals surface area contributed by atoms with Crippen LogP contribution in [0.2, 0.25) is 0 Å². The molecule has 1 saturated carbocycles. The van der Waals surface area contributed by atoms with E-state index >= 15 is 0 Å². The number of carbonyl (C=O) groups is 3. The Morgan fingerprint density at radius 3 is 2.44 bits per heavy atom. The second-order valence-corrected chi connectivity index (χ2v) is 7.49. The summed E-state index contributed by atoms with van der Waals surface area (Å²) in [5, 5.41) is 0. The van der Waals surface area contributed by atoms with Crippen LogP contribution in [-0.4, -0.2) is 23.8 Å². The number of rotatable bonds is 2. The van der Waals surface area contributed by atoms with Gasteiger partial charge in [0.15, 0.2) is 5.76 Å². The average molecular weight is 348 g/mol. The van der Waals surface area contributed by atoms with Crippen LogP contribution in [0.25, 0.3) is 0 Å². The molecule has 1 fully saturated rings. The number of fused-ring (bicyclic) bond motifs is 2. The lowest BCUT2D eigenvalue weighted by atomic mass is 9.53. The topological polar surface area (TPSA) is 82.8 Å². The van der Waals surface area contributed by atoms with Crippen molar-refractivity contribution in [1.29, 1.82) is 0 Å². The lowest BCUT2D eigenvalue weighted by Crippen LogP contribution is -2.56. The number of carbonyl (C=O) groups excluding carboxylic acids is 3. The van der Waals surface area contributed by atoms with Crippen molar-refractivity contribution in [3.63, 3.8) is 0 Å². The maximum atomic E-state index is 13.2. The molecule has 136 valence electrons. The van der Waals surface area contributed by atoms with Gasteiger partial charge in [0.25, 0.3) is 0 Å². The number of hydrogen-bond donors (Lipinski definition) is 0. The minimum absolute atomic E-state index is 0.111. The van der Waals surface area contributed by atoms with E-state index in [1.165, 1.54) is 20.1 Å². The van der Waals surface area contributed by atoms with E-state index in [-0.39, 0.29) is 17.5 Å². The van der Waals surface area contributed by atoms with Crippen molar-refractivity contribution < 1.29 is 28.3 Å². The predicted octanol–water partition coefficient (Wildman–Crippen LogP) is 3.37. The first-order chi connectivity index (χ1) is 11.7. The van der Waals surface area contributed by atoms with Crippen LogP contribution in [0.1, 0.15) is 68.3 Å². The number of furan rings is 1. The Balaban J connectivity index is 2.18. The molecule has 3 rings (SSSR count). The molecule has 2 aliphatic rings. The van der Waals surface area contributed by atoms with Crippen LogP contribution in [0.5, 0.6) is 0 Å². The standard InChI is InChI=1S/C19H24O6/c1-9-8-23-17-14(9)18(25-12(4)21)19(5)10(2)6-7-13(24-11(3)20)15(19)16(17)22/h8,10,13,15,18H,6-7H2,1-5H3/t10-,13-,15-,18+,19+/m1/s1. The lowest BCUT2D eigenvalue weighted by molar-refractivity contribution is -0.179. The van der Waals surface area contributed by atoms with Crippen LogP contribution in [0.3, 0.4) is 0 Å². The largest absolute Gasteiger partial charge is 0.462 e. The van der Waals surface area contributed by atoms with Crippen LogP contribution in [0.15, 0.2) is 10.7 Å². The second-order valence-electron chi connectivity index (χ2n) is 7.49. The zero-order valence-corrected chi connectivity index (χ0v) is 15.3. The molecule has 6 heteroatoms. The van der Waals surface area contributed by atoms with E-state index in [2.05, 4.69) is 6.92 Å². The Bertz CT molecular complexity index is 732. The van der Waals surface area contributed by atoms with Gasteiger partial charge in [-0.3, -0.25) is 14.4 Å². The molecule has 1 aromatic rings. The van der Waals surface area contributed by atoms with Gasteiger partial charge in [0.05, 0.1) is 12.2 Å². The number of aryl methyl sites for hydroxylation is 1. The highest BCUT2D eigenvalue weighted by Crippen LogP contribution is 2.59. The van der Waals surface area contributed by atoms with Gasteiger partial charge >= 0.3 is 11.9 Å². The normalized spacial score (nSPS) is 34.0. The van der Waals surface area contributed by atoms with Crippen LogP contribution < -0.4 is 0 Å². The van der Waals surface area contributed by atoms with E-state index < -0.39 is 35.5 Å². The molecule has 0 aromatic carbocycles. The summed E-state index contributed by atoms with van der Waals surface area (Å²) in [6.45, 7) is 8.56. The fourth-order valence-corrected chi connectivity index (χ4v) is 4.59.